The van der Waals surface area contributed by atoms with Crippen LogP contribution in [0, 0.1) is 0 Å². The summed E-state index contributed by atoms with van der Waals surface area (Å²) in [5, 5.41) is 3.73. The maximum Gasteiger partial charge on any atom is 0.235 e. The maximum atomic E-state index is 10.9. The monoisotopic (exact) mass is 214 g/mol. The molecule has 0 aliphatic heterocycles. The van der Waals surface area contributed by atoms with E-state index in [0.717, 1.165) is 5.16 Å². The van der Waals surface area contributed by atoms with Crippen LogP contribution in [-0.4, -0.2) is 34.3 Å². The molecule has 0 spiro atoms. The summed E-state index contributed by atoms with van der Waals surface area (Å²) in [6, 6.07) is -0.309. The van der Waals surface area contributed by atoms with Crippen molar-refractivity contribution in [1.82, 2.24) is 14.9 Å². The molecule has 6 heteroatoms. The van der Waals surface area contributed by atoms with Gasteiger partial charge in [0.2, 0.25) is 5.91 Å². The lowest BCUT2D eigenvalue weighted by Gasteiger charge is -2.10. The number of aromatic nitrogens is 2. The van der Waals surface area contributed by atoms with Crippen LogP contribution in [0.25, 0.3) is 0 Å². The number of rotatable bonds is 5. The molecule has 0 saturated heterocycles. The summed E-state index contributed by atoms with van der Waals surface area (Å²) >= 11 is 1.50. The zero-order chi connectivity index (χ0) is 10.6. The van der Waals surface area contributed by atoms with E-state index in [1.54, 1.807) is 13.2 Å². The van der Waals surface area contributed by atoms with Gasteiger partial charge in [-0.3, -0.25) is 4.79 Å². The molecule has 1 heterocycles. The van der Waals surface area contributed by atoms with E-state index in [4.69, 9.17) is 5.73 Å². The normalized spacial score (nSPS) is 12.7. The number of carbonyl (C=O) groups is 1. The number of amides is 1. The van der Waals surface area contributed by atoms with Gasteiger partial charge >= 0.3 is 0 Å². The lowest BCUT2D eigenvalue weighted by molar-refractivity contribution is -0.119. The van der Waals surface area contributed by atoms with Crippen molar-refractivity contribution in [3.05, 3.63) is 12.4 Å². The predicted molar refractivity (Wildman–Crippen MR) is 56.0 cm³/mol. The van der Waals surface area contributed by atoms with Gasteiger partial charge in [0.15, 0.2) is 5.16 Å². The molecule has 78 valence electrons. The van der Waals surface area contributed by atoms with Crippen LogP contribution in [0.1, 0.15) is 0 Å². The fourth-order valence-electron chi connectivity index (χ4n) is 0.957. The highest BCUT2D eigenvalue weighted by atomic mass is 32.2. The molecule has 0 aliphatic rings. The number of hydrogen-bond donors (Lipinski definition) is 2. The van der Waals surface area contributed by atoms with Crippen molar-refractivity contribution < 1.29 is 4.79 Å². The number of hydrogen-bond acceptors (Lipinski definition) is 4. The zero-order valence-corrected chi connectivity index (χ0v) is 9.04. The van der Waals surface area contributed by atoms with Gasteiger partial charge in [0.05, 0.1) is 6.04 Å². The number of nitrogens with two attached hydrogens (primary N) is 1. The van der Waals surface area contributed by atoms with Crippen molar-refractivity contribution >= 4 is 17.7 Å². The fourth-order valence-corrected chi connectivity index (χ4v) is 2.00. The number of nitrogens with one attached hydrogen (secondary N) is 1. The van der Waals surface area contributed by atoms with Crippen LogP contribution in [0.15, 0.2) is 17.6 Å². The Balaban J connectivity index is 2.47. The van der Waals surface area contributed by atoms with Gasteiger partial charge in [-0.25, -0.2) is 4.98 Å². The number of carbonyl (C=O) groups excluding carboxylic acids is 1. The zero-order valence-electron chi connectivity index (χ0n) is 8.23. The molecule has 5 nitrogen and oxygen atoms in total. The molecule has 14 heavy (non-hydrogen) atoms. The molecule has 1 amide bonds. The second-order valence-electron chi connectivity index (χ2n) is 2.88. The molecular weight excluding hydrogens is 200 g/mol. The minimum Gasteiger partial charge on any atom is -0.368 e. The number of imidazole rings is 1. The Morgan fingerprint density at radius 1 is 1.86 bits per heavy atom. The summed E-state index contributed by atoms with van der Waals surface area (Å²) in [4.78, 5) is 15.0. The van der Waals surface area contributed by atoms with Crippen molar-refractivity contribution in [1.29, 1.82) is 0 Å². The molecule has 1 unspecified atom stereocenters. The van der Waals surface area contributed by atoms with Crippen molar-refractivity contribution in [3.8, 4) is 0 Å². The average Bonchev–Trinajstić information content (AvgIpc) is 2.52. The molecule has 0 bridgehead atoms. The number of primary amides is 1. The van der Waals surface area contributed by atoms with Crippen molar-refractivity contribution in [3.63, 3.8) is 0 Å². The summed E-state index contributed by atoms with van der Waals surface area (Å²) in [6.07, 6.45) is 3.59. The SMILES string of the molecule is CNC(CSc1nccn1C)C(N)=O. The number of thioether (sulfide) groups is 1. The molecule has 0 aliphatic carbocycles. The summed E-state index contributed by atoms with van der Waals surface area (Å²) in [6.45, 7) is 0. The molecule has 0 fully saturated rings. The van der Waals surface area contributed by atoms with Gasteiger partial charge in [0.1, 0.15) is 0 Å². The van der Waals surface area contributed by atoms with Gasteiger partial charge < -0.3 is 15.6 Å². The summed E-state index contributed by atoms with van der Waals surface area (Å²) in [5.74, 6) is 0.255. The van der Waals surface area contributed by atoms with Crippen LogP contribution in [0.5, 0.6) is 0 Å². The second-order valence-corrected chi connectivity index (χ2v) is 3.86. The van der Waals surface area contributed by atoms with Crippen LogP contribution < -0.4 is 11.1 Å². The van der Waals surface area contributed by atoms with Crippen LogP contribution in [0.4, 0.5) is 0 Å². The highest BCUT2D eigenvalue weighted by molar-refractivity contribution is 7.99. The van der Waals surface area contributed by atoms with Crippen LogP contribution in [0.2, 0.25) is 0 Å². The van der Waals surface area contributed by atoms with Crippen LogP contribution in [0.3, 0.4) is 0 Å². The number of nitrogens with zero attached hydrogens (tertiary/aromatic N) is 2. The van der Waals surface area contributed by atoms with Gasteiger partial charge in [-0.1, -0.05) is 11.8 Å². The first-order valence-corrected chi connectivity index (χ1v) is 5.20. The van der Waals surface area contributed by atoms with E-state index in [-0.39, 0.29) is 11.9 Å². The van der Waals surface area contributed by atoms with Gasteiger partial charge in [-0.2, -0.15) is 0 Å². The van der Waals surface area contributed by atoms with Gasteiger partial charge in [0.25, 0.3) is 0 Å². The third kappa shape index (κ3) is 2.74. The highest BCUT2D eigenvalue weighted by Crippen LogP contribution is 2.15. The maximum absolute atomic E-state index is 10.9. The Labute approximate surface area is 87.1 Å². The third-order valence-corrected chi connectivity index (χ3v) is 3.00. The molecular formula is C8H14N4OS. The van der Waals surface area contributed by atoms with E-state index >= 15 is 0 Å². The first-order valence-electron chi connectivity index (χ1n) is 4.22. The van der Waals surface area contributed by atoms with Crippen LogP contribution >= 0.6 is 11.8 Å². The highest BCUT2D eigenvalue weighted by Gasteiger charge is 2.13. The van der Waals surface area contributed by atoms with Crippen LogP contribution in [-0.2, 0) is 11.8 Å². The van der Waals surface area contributed by atoms with E-state index in [9.17, 15) is 4.79 Å². The topological polar surface area (TPSA) is 72.9 Å². The van der Waals surface area contributed by atoms with Crippen molar-refractivity contribution in [2.45, 2.75) is 11.2 Å². The second kappa shape index (κ2) is 5.02. The molecule has 1 aromatic rings. The Hall–Kier alpha value is -1.01. The smallest absolute Gasteiger partial charge is 0.235 e. The Bertz CT molecular complexity index is 312. The van der Waals surface area contributed by atoms with E-state index < -0.39 is 0 Å². The molecule has 3 N–H and O–H groups in total. The Morgan fingerprint density at radius 2 is 2.57 bits per heavy atom. The fraction of sp³-hybridized carbons (Fsp3) is 0.500. The minimum atomic E-state index is -0.339. The van der Waals surface area contributed by atoms with Crippen molar-refractivity contribution in [2.75, 3.05) is 12.8 Å². The molecule has 1 rings (SSSR count). The minimum absolute atomic E-state index is 0.309. The van der Waals surface area contributed by atoms with E-state index in [1.165, 1.54) is 11.8 Å². The predicted octanol–water partition coefficient (Wildman–Crippen LogP) is -0.415. The lowest BCUT2D eigenvalue weighted by atomic mass is 10.3. The molecule has 1 aromatic heterocycles. The first kappa shape index (κ1) is 11.1. The standard InChI is InChI=1S/C8H14N4OS/c1-10-6(7(9)13)5-14-8-11-3-4-12(8)2/h3-4,6,10H,5H2,1-2H3,(H2,9,13). The quantitative estimate of drug-likeness (QED) is 0.653. The van der Waals surface area contributed by atoms with Gasteiger partial charge in [-0.05, 0) is 7.05 Å². The number of aryl methyl sites for hydroxylation is 1. The van der Waals surface area contributed by atoms with E-state index in [0.29, 0.717) is 5.75 Å². The summed E-state index contributed by atoms with van der Waals surface area (Å²) < 4.78 is 1.90. The molecule has 0 saturated carbocycles. The molecule has 1 atom stereocenters. The van der Waals surface area contributed by atoms with E-state index in [1.807, 2.05) is 17.8 Å². The van der Waals surface area contributed by atoms with Crippen molar-refractivity contribution in [2.24, 2.45) is 12.8 Å². The third-order valence-electron chi connectivity index (χ3n) is 1.85. The average molecular weight is 214 g/mol. The molecule has 0 aromatic carbocycles. The largest absolute Gasteiger partial charge is 0.368 e. The molecule has 0 radical (unpaired) electrons. The van der Waals surface area contributed by atoms with Gasteiger partial charge in [-0.15, -0.1) is 0 Å². The number of likely N-dealkylation sites (N-methyl/N-ethyl adjacent to an activating group) is 1. The summed E-state index contributed by atoms with van der Waals surface area (Å²) in [5.41, 5.74) is 5.18. The lowest BCUT2D eigenvalue weighted by Crippen LogP contribution is -2.41. The Kier molecular flexibility index (Phi) is 3.97. The van der Waals surface area contributed by atoms with E-state index in [2.05, 4.69) is 10.3 Å². The first-order chi connectivity index (χ1) is 6.65. The summed E-state index contributed by atoms with van der Waals surface area (Å²) in [7, 11) is 3.63. The Morgan fingerprint density at radius 3 is 3.00 bits per heavy atom. The van der Waals surface area contributed by atoms with Gasteiger partial charge in [0, 0.05) is 25.2 Å².